The van der Waals surface area contributed by atoms with Gasteiger partial charge in [-0.2, -0.15) is 0 Å². The lowest BCUT2D eigenvalue weighted by molar-refractivity contribution is 0.0599. The Bertz CT molecular complexity index is 2280. The molecule has 14 nitrogen and oxygen atoms in total. The van der Waals surface area contributed by atoms with Gasteiger partial charge < -0.3 is 39.4 Å². The molecule has 4 heterocycles. The van der Waals surface area contributed by atoms with E-state index in [0.29, 0.717) is 41.4 Å². The van der Waals surface area contributed by atoms with Crippen LogP contribution in [0.3, 0.4) is 0 Å². The highest BCUT2D eigenvalue weighted by Gasteiger charge is 2.17. The minimum atomic E-state index is -1.00. The Labute approximate surface area is 326 Å². The number of hydrogen-bond acceptors (Lipinski definition) is 11. The number of ether oxygens (including phenoxy) is 1. The van der Waals surface area contributed by atoms with Crippen molar-refractivity contribution in [1.29, 1.82) is 0 Å². The van der Waals surface area contributed by atoms with Crippen LogP contribution in [0.2, 0.25) is 0 Å². The molecule has 0 aliphatic rings. The second kappa shape index (κ2) is 17.7. The molecule has 2 amide bonds. The number of aromatic carboxylic acids is 1. The number of benzene rings is 2. The zero-order valence-corrected chi connectivity index (χ0v) is 33.1. The largest absolute Gasteiger partial charge is 0.478 e. The summed E-state index contributed by atoms with van der Waals surface area (Å²) in [5.41, 5.74) is 6.58. The summed E-state index contributed by atoms with van der Waals surface area (Å²) in [6, 6.07) is 16.3. The number of thiazole rings is 2. The molecule has 0 aliphatic carbocycles. The summed E-state index contributed by atoms with van der Waals surface area (Å²) in [5.74, 6) is -1.89. The van der Waals surface area contributed by atoms with Crippen molar-refractivity contribution in [2.45, 2.75) is 26.9 Å². The number of nitrogens with zero attached hydrogens (tertiary/aromatic N) is 6. The minimum Gasteiger partial charge on any atom is -0.478 e. The van der Waals surface area contributed by atoms with E-state index in [1.165, 1.54) is 19.2 Å². The maximum atomic E-state index is 12.8. The van der Waals surface area contributed by atoms with Crippen LogP contribution in [0.1, 0.15) is 64.2 Å². The zero-order valence-electron chi connectivity index (χ0n) is 31.5. The number of aromatic nitrogens is 4. The lowest BCUT2D eigenvalue weighted by Gasteiger charge is -2.10. The van der Waals surface area contributed by atoms with Gasteiger partial charge in [-0.15, -0.1) is 22.7 Å². The average Bonchev–Trinajstić information content (AvgIpc) is 3.97. The highest BCUT2D eigenvalue weighted by molar-refractivity contribution is 7.14. The third-order valence-electron chi connectivity index (χ3n) is 7.99. The van der Waals surface area contributed by atoms with Gasteiger partial charge in [-0.25, -0.2) is 19.6 Å². The summed E-state index contributed by atoms with van der Waals surface area (Å²) in [6.45, 7) is 4.90. The molecule has 3 N–H and O–H groups in total. The SMILES string of the molecule is COC(=O)c1ccc(NC(=O)c2cc(C)cn2Cc2csc(N(C)C)n2)cc1.Cc1cc(C(=O)Nc2ccc(C(=O)O)cc2)n(Cc2csc(N(C)C)n2)c1. The van der Waals surface area contributed by atoms with Crippen LogP contribution in [0.4, 0.5) is 21.6 Å². The fraction of sp³-hybridized carbons (Fsp3) is 0.231. The molecule has 6 aromatic rings. The van der Waals surface area contributed by atoms with Crippen LogP contribution in [0.25, 0.3) is 0 Å². The highest BCUT2D eigenvalue weighted by Crippen LogP contribution is 2.22. The Kier molecular flexibility index (Phi) is 12.9. The number of carboxylic acid groups (broad SMARTS) is 1. The normalized spacial score (nSPS) is 10.6. The average molecular weight is 783 g/mol. The van der Waals surface area contributed by atoms with Crippen molar-refractivity contribution in [3.05, 3.63) is 129 Å². The number of carbonyl (C=O) groups is 4. The quantitative estimate of drug-likeness (QED) is 0.114. The van der Waals surface area contributed by atoms with Crippen molar-refractivity contribution in [1.82, 2.24) is 19.1 Å². The maximum absolute atomic E-state index is 12.8. The maximum Gasteiger partial charge on any atom is 0.337 e. The van der Waals surface area contributed by atoms with Crippen LogP contribution < -0.4 is 20.4 Å². The Morgan fingerprint density at radius 1 is 0.691 bits per heavy atom. The lowest BCUT2D eigenvalue weighted by Crippen LogP contribution is -2.17. The second-order valence-corrected chi connectivity index (χ2v) is 14.6. The summed E-state index contributed by atoms with van der Waals surface area (Å²) in [5, 5.41) is 20.5. The first-order valence-corrected chi connectivity index (χ1v) is 18.7. The predicted octanol–water partition coefficient (Wildman–Crippen LogP) is 6.72. The van der Waals surface area contributed by atoms with E-state index >= 15 is 0 Å². The van der Waals surface area contributed by atoms with Crippen LogP contribution in [-0.2, 0) is 17.8 Å². The molecule has 6 rings (SSSR count). The van der Waals surface area contributed by atoms with E-state index in [4.69, 9.17) is 5.11 Å². The molecule has 0 aliphatic heterocycles. The number of amides is 2. The van der Waals surface area contributed by atoms with Crippen molar-refractivity contribution >= 4 is 68.1 Å². The summed E-state index contributed by atoms with van der Waals surface area (Å²) in [4.78, 5) is 61.0. The smallest absolute Gasteiger partial charge is 0.337 e. The molecule has 0 radical (unpaired) electrons. The van der Waals surface area contributed by atoms with Crippen LogP contribution in [0.15, 0.2) is 83.8 Å². The van der Waals surface area contributed by atoms with Gasteiger partial charge in [0.2, 0.25) is 0 Å². The first-order valence-electron chi connectivity index (χ1n) is 16.9. The van der Waals surface area contributed by atoms with Crippen LogP contribution >= 0.6 is 22.7 Å². The van der Waals surface area contributed by atoms with Gasteiger partial charge >= 0.3 is 11.9 Å². The molecule has 0 saturated heterocycles. The number of nitrogens with one attached hydrogen (secondary N) is 2. The van der Waals surface area contributed by atoms with E-state index in [1.54, 1.807) is 59.1 Å². The summed E-state index contributed by atoms with van der Waals surface area (Å²) >= 11 is 3.13. The zero-order chi connectivity index (χ0) is 39.8. The van der Waals surface area contributed by atoms with E-state index in [9.17, 15) is 19.2 Å². The van der Waals surface area contributed by atoms with Gasteiger partial charge in [0.15, 0.2) is 10.3 Å². The number of aryl methyl sites for hydroxylation is 2. The van der Waals surface area contributed by atoms with Crippen LogP contribution in [0, 0.1) is 13.8 Å². The van der Waals surface area contributed by atoms with Gasteiger partial charge in [-0.05, 0) is 85.6 Å². The van der Waals surface area contributed by atoms with Crippen molar-refractivity contribution in [3.63, 3.8) is 0 Å². The molecule has 0 spiro atoms. The molecule has 0 unspecified atom stereocenters. The van der Waals surface area contributed by atoms with Gasteiger partial charge in [0, 0.05) is 62.7 Å². The Morgan fingerprint density at radius 3 is 1.44 bits per heavy atom. The summed E-state index contributed by atoms with van der Waals surface area (Å²) < 4.78 is 8.44. The van der Waals surface area contributed by atoms with Gasteiger partial charge in [0.1, 0.15) is 11.4 Å². The topological polar surface area (TPSA) is 164 Å². The Balaban J connectivity index is 0.000000211. The molecule has 0 bridgehead atoms. The van der Waals surface area contributed by atoms with Crippen molar-refractivity contribution in [2.75, 3.05) is 55.7 Å². The molecule has 4 aromatic heterocycles. The molecule has 0 saturated carbocycles. The first-order chi connectivity index (χ1) is 26.2. The Morgan fingerprint density at radius 2 is 1.09 bits per heavy atom. The van der Waals surface area contributed by atoms with Crippen molar-refractivity contribution in [3.8, 4) is 0 Å². The number of hydrogen-bond donors (Lipinski definition) is 3. The van der Waals surface area contributed by atoms with E-state index in [1.807, 2.05) is 96.3 Å². The van der Waals surface area contributed by atoms with Gasteiger partial charge in [-0.1, -0.05) is 0 Å². The molecule has 2 aromatic carbocycles. The summed E-state index contributed by atoms with van der Waals surface area (Å²) in [7, 11) is 9.12. The third-order valence-corrected chi connectivity index (χ3v) is 10.1. The molecule has 0 atom stereocenters. The van der Waals surface area contributed by atoms with E-state index in [0.717, 1.165) is 32.8 Å². The van der Waals surface area contributed by atoms with Gasteiger partial charge in [0.25, 0.3) is 11.8 Å². The molecule has 16 heteroatoms. The fourth-order valence-electron chi connectivity index (χ4n) is 5.35. The van der Waals surface area contributed by atoms with Crippen molar-refractivity contribution in [2.24, 2.45) is 0 Å². The lowest BCUT2D eigenvalue weighted by atomic mass is 10.2. The van der Waals surface area contributed by atoms with Crippen molar-refractivity contribution < 1.29 is 29.0 Å². The number of carboxylic acids is 1. The minimum absolute atomic E-state index is 0.174. The predicted molar refractivity (Wildman–Crippen MR) is 217 cm³/mol. The second-order valence-electron chi connectivity index (χ2n) is 13.0. The molecular formula is C39H42N8O6S2. The van der Waals surface area contributed by atoms with Crippen LogP contribution in [-0.4, -0.2) is 83.3 Å². The van der Waals surface area contributed by atoms with Gasteiger partial charge in [-0.3, -0.25) is 9.59 Å². The summed E-state index contributed by atoms with van der Waals surface area (Å²) in [6.07, 6.45) is 3.85. The van der Waals surface area contributed by atoms with E-state index < -0.39 is 11.9 Å². The third kappa shape index (κ3) is 10.5. The number of methoxy groups -OCH3 is 1. The van der Waals surface area contributed by atoms with E-state index in [2.05, 4.69) is 25.3 Å². The number of anilines is 4. The Hall–Kier alpha value is -6.26. The standard InChI is InChI=1S/C20H22N4O3S.C19H20N4O3S/c1-13-9-17(24(10-13)11-16-12-28-20(22-16)23(2)3)18(25)21-15-7-5-14(6-8-15)19(26)27-4;1-12-8-16(17(24)20-14-6-4-13(5-7-14)18(25)26)23(9-12)10-15-11-27-19(21-15)22(2)3/h5-10,12H,11H2,1-4H3,(H,21,25);4-9,11H,10H2,1-3H3,(H,20,24)(H,25,26). The molecule has 286 valence electrons. The van der Waals surface area contributed by atoms with Crippen LogP contribution in [0.5, 0.6) is 0 Å². The first kappa shape index (κ1) is 39.9. The fourth-order valence-corrected chi connectivity index (χ4v) is 6.85. The number of rotatable bonds is 12. The monoisotopic (exact) mass is 782 g/mol. The highest BCUT2D eigenvalue weighted by atomic mass is 32.1. The molecule has 55 heavy (non-hydrogen) atoms. The molecule has 0 fully saturated rings. The van der Waals surface area contributed by atoms with E-state index in [-0.39, 0.29) is 17.4 Å². The van der Waals surface area contributed by atoms with Gasteiger partial charge in [0.05, 0.1) is 42.7 Å². The number of esters is 1. The molecular weight excluding hydrogens is 741 g/mol. The number of carbonyl (C=O) groups excluding carboxylic acids is 3.